The van der Waals surface area contributed by atoms with Crippen molar-refractivity contribution in [3.63, 3.8) is 0 Å². The van der Waals surface area contributed by atoms with Gasteiger partial charge in [0.05, 0.1) is 0 Å². The number of Topliss-reactive ketones (excluding diaryl/α,β-unsaturated/α-hetero) is 1. The van der Waals surface area contributed by atoms with Crippen molar-refractivity contribution in [1.29, 1.82) is 0 Å². The highest BCUT2D eigenvalue weighted by molar-refractivity contribution is 6.24. The van der Waals surface area contributed by atoms with E-state index in [1.165, 1.54) is 6.92 Å². The van der Waals surface area contributed by atoms with Gasteiger partial charge in [0.1, 0.15) is 5.75 Å². The van der Waals surface area contributed by atoms with Crippen molar-refractivity contribution >= 4 is 23.1 Å². The summed E-state index contributed by atoms with van der Waals surface area (Å²) in [5, 5.41) is 10.1. The molecule has 3 heteroatoms. The van der Waals surface area contributed by atoms with Gasteiger partial charge >= 0.3 is 0 Å². The van der Waals surface area contributed by atoms with E-state index in [0.29, 0.717) is 11.1 Å². The number of phenolic OH excluding ortho intramolecular Hbond substituents is 1. The summed E-state index contributed by atoms with van der Waals surface area (Å²) in [7, 11) is 3.82. The number of benzene rings is 2. The third-order valence-electron chi connectivity index (χ3n) is 3.29. The van der Waals surface area contributed by atoms with Crippen LogP contribution in [0, 0.1) is 0 Å². The summed E-state index contributed by atoms with van der Waals surface area (Å²) >= 11 is 0. The fourth-order valence-corrected chi connectivity index (χ4v) is 2.09. The Balaban J connectivity index is 2.47. The molecule has 2 aromatic rings. The Morgan fingerprint density at radius 3 is 2.29 bits per heavy atom. The van der Waals surface area contributed by atoms with E-state index in [1.807, 2.05) is 61.5 Å². The fraction of sp³-hybridized carbons (Fsp3) is 0.167. The molecule has 0 amide bonds. The number of hydrogen-bond donors (Lipinski definition) is 1. The summed E-state index contributed by atoms with van der Waals surface area (Å²) in [4.78, 5) is 13.8. The molecule has 3 nitrogen and oxygen atoms in total. The summed E-state index contributed by atoms with van der Waals surface area (Å²) in [6, 6.07) is 14.9. The molecule has 0 fully saturated rings. The molecule has 2 aromatic carbocycles. The number of aromatic hydroxyl groups is 1. The molecule has 0 aliphatic carbocycles. The lowest BCUT2D eigenvalue weighted by Crippen LogP contribution is -2.08. The zero-order valence-corrected chi connectivity index (χ0v) is 12.5. The molecule has 2 rings (SSSR count). The first kappa shape index (κ1) is 14.9. The maximum Gasteiger partial charge on any atom is 0.160 e. The third-order valence-corrected chi connectivity index (χ3v) is 3.29. The maximum absolute atomic E-state index is 11.9. The van der Waals surface area contributed by atoms with Gasteiger partial charge in [-0.3, -0.25) is 4.79 Å². The van der Waals surface area contributed by atoms with E-state index < -0.39 is 0 Å². The van der Waals surface area contributed by atoms with Crippen molar-refractivity contribution in [1.82, 2.24) is 0 Å². The third kappa shape index (κ3) is 3.51. The lowest BCUT2D eigenvalue weighted by Gasteiger charge is -2.13. The van der Waals surface area contributed by atoms with Crippen molar-refractivity contribution in [2.75, 3.05) is 19.0 Å². The molecule has 0 aliphatic heterocycles. The number of allylic oxidation sites excluding steroid dienone is 1. The molecule has 0 saturated carbocycles. The minimum atomic E-state index is -0.0303. The zero-order chi connectivity index (χ0) is 15.4. The molecule has 0 spiro atoms. The van der Waals surface area contributed by atoms with Gasteiger partial charge in [-0.05, 0) is 30.7 Å². The van der Waals surface area contributed by atoms with E-state index in [0.717, 1.165) is 11.3 Å². The van der Waals surface area contributed by atoms with Crippen molar-refractivity contribution in [3.8, 4) is 5.75 Å². The van der Waals surface area contributed by atoms with Gasteiger partial charge in [0.15, 0.2) is 5.78 Å². The second kappa shape index (κ2) is 6.27. The average molecular weight is 281 g/mol. The monoisotopic (exact) mass is 281 g/mol. The Morgan fingerprint density at radius 1 is 1.10 bits per heavy atom. The topological polar surface area (TPSA) is 40.5 Å². The van der Waals surface area contributed by atoms with Gasteiger partial charge in [0.2, 0.25) is 0 Å². The smallest absolute Gasteiger partial charge is 0.160 e. The van der Waals surface area contributed by atoms with Crippen LogP contribution in [-0.4, -0.2) is 25.0 Å². The molecule has 0 aliphatic rings. The van der Waals surface area contributed by atoms with Crippen LogP contribution in [0.1, 0.15) is 18.1 Å². The zero-order valence-electron chi connectivity index (χ0n) is 12.5. The Bertz CT molecular complexity index is 673. The Hall–Kier alpha value is -2.55. The van der Waals surface area contributed by atoms with E-state index in [1.54, 1.807) is 12.1 Å². The standard InChI is InChI=1S/C18H19NO2/c1-13(20)17(14-7-5-4-6-8-14)11-15-9-10-16(19(2)3)12-18(15)21/h4-12,21H,1-3H3. The second-order valence-electron chi connectivity index (χ2n) is 5.12. The summed E-state index contributed by atoms with van der Waals surface area (Å²) in [5.74, 6) is 0.133. The first-order valence-corrected chi connectivity index (χ1v) is 6.77. The normalized spacial score (nSPS) is 11.3. The lowest BCUT2D eigenvalue weighted by atomic mass is 9.99. The van der Waals surface area contributed by atoms with Crippen LogP contribution in [0.3, 0.4) is 0 Å². The van der Waals surface area contributed by atoms with E-state index in [9.17, 15) is 9.90 Å². The number of carbonyl (C=O) groups excluding carboxylic acids is 1. The molecule has 0 saturated heterocycles. The average Bonchev–Trinajstić information content (AvgIpc) is 2.46. The predicted molar refractivity (Wildman–Crippen MR) is 87.4 cm³/mol. The van der Waals surface area contributed by atoms with Gasteiger partial charge < -0.3 is 10.0 Å². The molecule has 0 aromatic heterocycles. The number of phenols is 1. The van der Waals surface area contributed by atoms with Crippen molar-refractivity contribution in [3.05, 3.63) is 59.7 Å². The predicted octanol–water partition coefficient (Wildman–Crippen LogP) is 3.59. The van der Waals surface area contributed by atoms with Crippen LogP contribution in [0.15, 0.2) is 48.5 Å². The number of ketones is 1. The fourth-order valence-electron chi connectivity index (χ4n) is 2.09. The van der Waals surface area contributed by atoms with Crippen molar-refractivity contribution in [2.24, 2.45) is 0 Å². The van der Waals surface area contributed by atoms with Crippen molar-refractivity contribution in [2.45, 2.75) is 6.92 Å². The molecular weight excluding hydrogens is 262 g/mol. The van der Waals surface area contributed by atoms with Gasteiger partial charge in [-0.15, -0.1) is 0 Å². The molecule has 0 unspecified atom stereocenters. The number of rotatable bonds is 4. The minimum Gasteiger partial charge on any atom is -0.507 e. The molecule has 1 N–H and O–H groups in total. The highest BCUT2D eigenvalue weighted by Crippen LogP contribution is 2.28. The number of hydrogen-bond acceptors (Lipinski definition) is 3. The largest absolute Gasteiger partial charge is 0.507 e. The maximum atomic E-state index is 11.9. The van der Waals surface area contributed by atoms with Crippen LogP contribution in [-0.2, 0) is 4.79 Å². The molecule has 0 heterocycles. The SMILES string of the molecule is CC(=O)C(=Cc1ccc(N(C)C)cc1O)c1ccccc1. The van der Waals surface area contributed by atoms with E-state index in [2.05, 4.69) is 0 Å². The van der Waals surface area contributed by atoms with Crippen LogP contribution in [0.2, 0.25) is 0 Å². The summed E-state index contributed by atoms with van der Waals surface area (Å²) < 4.78 is 0. The van der Waals surface area contributed by atoms with Gasteiger partial charge in [-0.25, -0.2) is 0 Å². The van der Waals surface area contributed by atoms with Gasteiger partial charge in [-0.1, -0.05) is 30.3 Å². The van der Waals surface area contributed by atoms with E-state index in [-0.39, 0.29) is 11.5 Å². The lowest BCUT2D eigenvalue weighted by molar-refractivity contribution is -0.111. The highest BCUT2D eigenvalue weighted by Gasteiger charge is 2.09. The summed E-state index contributed by atoms with van der Waals surface area (Å²) in [6.45, 7) is 1.53. The molecular formula is C18H19NO2. The first-order valence-electron chi connectivity index (χ1n) is 6.77. The Kier molecular flexibility index (Phi) is 4.43. The Labute approximate surface area is 125 Å². The van der Waals surface area contributed by atoms with E-state index >= 15 is 0 Å². The van der Waals surface area contributed by atoms with Gasteiger partial charge in [0.25, 0.3) is 0 Å². The van der Waals surface area contributed by atoms with Crippen LogP contribution in [0.25, 0.3) is 11.6 Å². The number of nitrogens with zero attached hydrogens (tertiary/aromatic N) is 1. The van der Waals surface area contributed by atoms with Crippen LogP contribution < -0.4 is 4.90 Å². The van der Waals surface area contributed by atoms with Gasteiger partial charge in [0, 0.05) is 37.0 Å². The quantitative estimate of drug-likeness (QED) is 0.688. The van der Waals surface area contributed by atoms with Gasteiger partial charge in [-0.2, -0.15) is 0 Å². The molecule has 0 bridgehead atoms. The summed E-state index contributed by atoms with van der Waals surface area (Å²) in [6.07, 6.45) is 1.73. The summed E-state index contributed by atoms with van der Waals surface area (Å²) in [5.41, 5.74) is 2.98. The molecule has 21 heavy (non-hydrogen) atoms. The Morgan fingerprint density at radius 2 is 1.76 bits per heavy atom. The van der Waals surface area contributed by atoms with Crippen LogP contribution in [0.5, 0.6) is 5.75 Å². The number of carbonyl (C=O) groups is 1. The van der Waals surface area contributed by atoms with E-state index in [4.69, 9.17) is 0 Å². The second-order valence-corrected chi connectivity index (χ2v) is 5.12. The van der Waals surface area contributed by atoms with Crippen molar-refractivity contribution < 1.29 is 9.90 Å². The van der Waals surface area contributed by atoms with Crippen LogP contribution in [0.4, 0.5) is 5.69 Å². The number of anilines is 1. The van der Waals surface area contributed by atoms with Crippen LogP contribution >= 0.6 is 0 Å². The highest BCUT2D eigenvalue weighted by atomic mass is 16.3. The molecule has 0 radical (unpaired) electrons. The molecule has 108 valence electrons. The minimum absolute atomic E-state index is 0.0303. The first-order chi connectivity index (χ1) is 9.99. The molecule has 0 atom stereocenters.